The van der Waals surface area contributed by atoms with Crippen molar-refractivity contribution in [3.63, 3.8) is 0 Å². The Balaban J connectivity index is 2.01. The normalized spacial score (nSPS) is 16.1. The van der Waals surface area contributed by atoms with Crippen molar-refractivity contribution in [2.45, 2.75) is 24.8 Å². The highest BCUT2D eigenvalue weighted by molar-refractivity contribution is 7.94. The van der Waals surface area contributed by atoms with Crippen molar-refractivity contribution in [2.24, 2.45) is 0 Å². The number of carbonyl (C=O) groups is 2. The van der Waals surface area contributed by atoms with Crippen molar-refractivity contribution in [1.29, 1.82) is 0 Å². The van der Waals surface area contributed by atoms with Crippen LogP contribution >= 0.6 is 23.2 Å². The topological polar surface area (TPSA) is 93.2 Å². The molecule has 8 nitrogen and oxygen atoms in total. The van der Waals surface area contributed by atoms with Crippen molar-refractivity contribution in [1.82, 2.24) is 0 Å². The number of amides is 2. The van der Waals surface area contributed by atoms with Crippen LogP contribution in [-0.2, 0) is 19.6 Å². The zero-order valence-electron chi connectivity index (χ0n) is 16.3. The molecule has 2 aromatic rings. The lowest BCUT2D eigenvalue weighted by atomic mass is 10.2. The minimum absolute atomic E-state index is 0.0585. The maximum absolute atomic E-state index is 13.2. The highest BCUT2D eigenvalue weighted by Gasteiger charge is 2.41. The monoisotopic (exact) mass is 472 g/mol. The Bertz CT molecular complexity index is 1120. The van der Waals surface area contributed by atoms with Crippen LogP contribution in [0.2, 0.25) is 10.0 Å². The second-order valence-electron chi connectivity index (χ2n) is 6.35. The zero-order chi connectivity index (χ0) is 22.2. The number of carbonyl (C=O) groups excluding carboxylic acids is 2. The Hall–Kier alpha value is -2.49. The summed E-state index contributed by atoms with van der Waals surface area (Å²) in [6, 6.07) is 7.39. The molecule has 1 atom stereocenters. The molecule has 0 saturated carbocycles. The van der Waals surface area contributed by atoms with Crippen molar-refractivity contribution >= 4 is 56.6 Å². The minimum Gasteiger partial charge on any atom is -0.479 e. The summed E-state index contributed by atoms with van der Waals surface area (Å²) < 4.78 is 37.4. The standard InChI is InChI=1S/C19H18Cl2N2O6S/c1-4-28-18(24)11(2)29-13-6-8-17-16(10-13)22(3)19(25)23(30(17,26)27)12-5-7-14(20)15(21)9-12/h5-11H,4H2,1-3H3/t11-/m1/s1. The number of esters is 1. The fourth-order valence-electron chi connectivity index (χ4n) is 2.86. The molecule has 30 heavy (non-hydrogen) atoms. The summed E-state index contributed by atoms with van der Waals surface area (Å²) >= 11 is 11.9. The highest BCUT2D eigenvalue weighted by Crippen LogP contribution is 2.39. The van der Waals surface area contributed by atoms with Gasteiger partial charge in [0.05, 0.1) is 28.0 Å². The number of anilines is 2. The van der Waals surface area contributed by atoms with E-state index in [1.165, 1.54) is 55.3 Å². The molecular weight excluding hydrogens is 455 g/mol. The van der Waals surface area contributed by atoms with Crippen LogP contribution in [0.3, 0.4) is 0 Å². The van der Waals surface area contributed by atoms with Gasteiger partial charge in [-0.2, -0.15) is 4.31 Å². The van der Waals surface area contributed by atoms with Gasteiger partial charge in [-0.25, -0.2) is 18.0 Å². The summed E-state index contributed by atoms with van der Waals surface area (Å²) in [5.41, 5.74) is 0.174. The zero-order valence-corrected chi connectivity index (χ0v) is 18.6. The first-order valence-electron chi connectivity index (χ1n) is 8.83. The van der Waals surface area contributed by atoms with Gasteiger partial charge in [0, 0.05) is 13.1 Å². The van der Waals surface area contributed by atoms with Gasteiger partial charge < -0.3 is 9.47 Å². The first kappa shape index (κ1) is 22.2. The molecule has 2 aromatic carbocycles. The van der Waals surface area contributed by atoms with Crippen LogP contribution in [0.1, 0.15) is 13.8 Å². The SMILES string of the molecule is CCOC(=O)[C@@H](C)Oc1ccc2c(c1)N(C)C(=O)N(c1ccc(Cl)c(Cl)c1)S2(=O)=O. The fourth-order valence-corrected chi connectivity index (χ4v) is 4.77. The quantitative estimate of drug-likeness (QED) is 0.608. The number of nitrogens with zero attached hydrogens (tertiary/aromatic N) is 2. The molecule has 160 valence electrons. The lowest BCUT2D eigenvalue weighted by Gasteiger charge is -2.34. The molecule has 0 bridgehead atoms. The molecule has 0 spiro atoms. The van der Waals surface area contributed by atoms with Crippen molar-refractivity contribution in [2.75, 3.05) is 22.9 Å². The maximum Gasteiger partial charge on any atom is 0.347 e. The molecule has 1 heterocycles. The Kier molecular flexibility index (Phi) is 6.16. The van der Waals surface area contributed by atoms with E-state index >= 15 is 0 Å². The van der Waals surface area contributed by atoms with E-state index in [0.717, 1.165) is 0 Å². The average molecular weight is 473 g/mol. The van der Waals surface area contributed by atoms with Gasteiger partial charge in [0.2, 0.25) is 0 Å². The molecule has 11 heteroatoms. The lowest BCUT2D eigenvalue weighted by molar-refractivity contribution is -0.150. The molecule has 0 unspecified atom stereocenters. The van der Waals surface area contributed by atoms with E-state index < -0.39 is 28.1 Å². The number of halogens is 2. The molecule has 3 rings (SSSR count). The van der Waals surface area contributed by atoms with Crippen molar-refractivity contribution in [3.05, 3.63) is 46.4 Å². The van der Waals surface area contributed by atoms with Gasteiger partial charge in [0.25, 0.3) is 10.0 Å². The number of ether oxygens (including phenoxy) is 2. The van der Waals surface area contributed by atoms with Crippen LogP contribution in [0.4, 0.5) is 16.2 Å². The summed E-state index contributed by atoms with van der Waals surface area (Å²) in [7, 11) is -2.80. The maximum atomic E-state index is 13.2. The van der Waals surface area contributed by atoms with E-state index in [4.69, 9.17) is 32.7 Å². The van der Waals surface area contributed by atoms with Crippen LogP contribution in [0.25, 0.3) is 0 Å². The van der Waals surface area contributed by atoms with E-state index in [1.807, 2.05) is 0 Å². The first-order valence-corrected chi connectivity index (χ1v) is 11.0. The van der Waals surface area contributed by atoms with Gasteiger partial charge in [-0.3, -0.25) is 4.90 Å². The minimum atomic E-state index is -4.22. The van der Waals surface area contributed by atoms with E-state index in [9.17, 15) is 18.0 Å². The first-order chi connectivity index (χ1) is 14.1. The number of urea groups is 1. The fraction of sp³-hybridized carbons (Fsp3) is 0.263. The number of benzene rings is 2. The van der Waals surface area contributed by atoms with Crippen LogP contribution in [0, 0.1) is 0 Å². The summed E-state index contributed by atoms with van der Waals surface area (Å²) in [5, 5.41) is 0.343. The Morgan fingerprint density at radius 2 is 1.83 bits per heavy atom. The second-order valence-corrected chi connectivity index (χ2v) is 8.92. The van der Waals surface area contributed by atoms with Gasteiger partial charge >= 0.3 is 12.0 Å². The number of fused-ring (bicyclic) bond motifs is 1. The molecule has 0 N–H and O–H groups in total. The number of rotatable bonds is 5. The third-order valence-electron chi connectivity index (χ3n) is 4.34. The molecule has 1 aliphatic heterocycles. The second kappa shape index (κ2) is 8.33. The van der Waals surface area contributed by atoms with Crippen LogP contribution in [0.15, 0.2) is 41.3 Å². The highest BCUT2D eigenvalue weighted by atomic mass is 35.5. The molecule has 0 aromatic heterocycles. The van der Waals surface area contributed by atoms with E-state index in [2.05, 4.69) is 0 Å². The number of hydrogen-bond acceptors (Lipinski definition) is 6. The van der Waals surface area contributed by atoms with Crippen LogP contribution < -0.4 is 13.9 Å². The van der Waals surface area contributed by atoms with Gasteiger partial charge in [0.1, 0.15) is 10.6 Å². The summed E-state index contributed by atoms with van der Waals surface area (Å²) in [6.45, 7) is 3.39. The van der Waals surface area contributed by atoms with Crippen LogP contribution in [0.5, 0.6) is 5.75 Å². The third kappa shape index (κ3) is 3.92. The summed E-state index contributed by atoms with van der Waals surface area (Å²) in [6.07, 6.45) is -0.906. The smallest absolute Gasteiger partial charge is 0.347 e. The Morgan fingerprint density at radius 1 is 1.13 bits per heavy atom. The Morgan fingerprint density at radius 3 is 2.47 bits per heavy atom. The lowest BCUT2D eigenvalue weighted by Crippen LogP contribution is -2.49. The van der Waals surface area contributed by atoms with Gasteiger partial charge in [-0.15, -0.1) is 0 Å². The van der Waals surface area contributed by atoms with Gasteiger partial charge in [-0.1, -0.05) is 23.2 Å². The van der Waals surface area contributed by atoms with Crippen molar-refractivity contribution in [3.8, 4) is 5.75 Å². The van der Waals surface area contributed by atoms with Crippen LogP contribution in [-0.4, -0.2) is 40.2 Å². The number of sulfonamides is 1. The van der Waals surface area contributed by atoms with Gasteiger partial charge in [-0.05, 0) is 44.2 Å². The number of hydrogen-bond donors (Lipinski definition) is 0. The molecule has 2 amide bonds. The largest absolute Gasteiger partial charge is 0.479 e. The van der Waals surface area contributed by atoms with Gasteiger partial charge in [0.15, 0.2) is 6.10 Å². The summed E-state index contributed by atoms with van der Waals surface area (Å²) in [5.74, 6) is -0.342. The van der Waals surface area contributed by atoms with Crippen molar-refractivity contribution < 1.29 is 27.5 Å². The molecular formula is C19H18Cl2N2O6S. The Labute approximate surface area is 183 Å². The van der Waals surface area contributed by atoms with E-state index in [0.29, 0.717) is 4.31 Å². The average Bonchev–Trinajstić information content (AvgIpc) is 2.69. The molecule has 0 aliphatic carbocycles. The molecule has 0 radical (unpaired) electrons. The molecule has 1 aliphatic rings. The predicted molar refractivity (Wildman–Crippen MR) is 113 cm³/mol. The predicted octanol–water partition coefficient (Wildman–Crippen LogP) is 4.09. The third-order valence-corrected chi connectivity index (χ3v) is 6.83. The molecule has 0 saturated heterocycles. The summed E-state index contributed by atoms with van der Waals surface area (Å²) in [4.78, 5) is 25.7. The van der Waals surface area contributed by atoms with E-state index in [1.54, 1.807) is 6.92 Å². The van der Waals surface area contributed by atoms with E-state index in [-0.39, 0.29) is 38.7 Å². The molecule has 0 fully saturated rings.